The Labute approximate surface area is 256 Å². The van der Waals surface area contributed by atoms with E-state index in [1.54, 1.807) is 39.0 Å². The van der Waals surface area contributed by atoms with Gasteiger partial charge < -0.3 is 29.2 Å². The van der Waals surface area contributed by atoms with Gasteiger partial charge in [-0.25, -0.2) is 4.79 Å². The normalized spacial score (nSPS) is 39.1. The number of hydrogen-bond donors (Lipinski definition) is 2. The number of allylic oxidation sites excluding steroid dienone is 1. The van der Waals surface area contributed by atoms with Gasteiger partial charge in [-0.15, -0.1) is 6.58 Å². The zero-order chi connectivity index (χ0) is 33.0. The average molecular weight is 615 g/mol. The summed E-state index contributed by atoms with van der Waals surface area (Å²) in [6.45, 7) is 14.0. The van der Waals surface area contributed by atoms with Gasteiger partial charge in [-0.2, -0.15) is 0 Å². The van der Waals surface area contributed by atoms with E-state index in [9.17, 15) is 34.2 Å². The summed E-state index contributed by atoms with van der Waals surface area (Å²) >= 11 is 0. The molecule has 0 bridgehead atoms. The first kappa shape index (κ1) is 33.3. The lowest BCUT2D eigenvalue weighted by Crippen LogP contribution is -2.80. The van der Waals surface area contributed by atoms with Gasteiger partial charge in [-0.3, -0.25) is 19.2 Å². The van der Waals surface area contributed by atoms with Crippen molar-refractivity contribution < 1.29 is 53.1 Å². The molecule has 10 atom stereocenters. The van der Waals surface area contributed by atoms with Gasteiger partial charge in [0.15, 0.2) is 17.5 Å². The number of hydrogen-bond acceptors (Lipinski definition) is 11. The Bertz CT molecular complexity index is 1350. The van der Waals surface area contributed by atoms with Gasteiger partial charge in [0.1, 0.15) is 18.3 Å². The average Bonchev–Trinajstić information content (AvgIpc) is 2.93. The molecule has 1 aromatic rings. The number of benzene rings is 1. The number of rotatable bonds is 6. The molecule has 4 rings (SSSR count). The van der Waals surface area contributed by atoms with Gasteiger partial charge in [-0.1, -0.05) is 45.0 Å². The topological polar surface area (TPSA) is 163 Å². The largest absolute Gasteiger partial charge is 0.459 e. The van der Waals surface area contributed by atoms with Crippen LogP contribution < -0.4 is 0 Å². The summed E-state index contributed by atoms with van der Waals surface area (Å²) in [5.41, 5.74) is -6.28. The zero-order valence-corrected chi connectivity index (χ0v) is 26.2. The smallest absolute Gasteiger partial charge is 0.338 e. The fourth-order valence-electron chi connectivity index (χ4n) is 8.43. The SMILES string of the molecule is C=C[C@]1(C)C[C@H](O)[C@@H]2[C@@](O)(C1=O)[C@@H](OC(C)=O)C[C@@H]1C(C)(C)[C@@H](OC(C)=O)[C@@H](OC(C)=O)[C@@H](OC(=O)c3ccccc3)[C@]12C. The summed E-state index contributed by atoms with van der Waals surface area (Å²) in [7, 11) is 0. The van der Waals surface area contributed by atoms with Gasteiger partial charge >= 0.3 is 23.9 Å². The Balaban J connectivity index is 2.03. The molecule has 0 spiro atoms. The van der Waals surface area contributed by atoms with Crippen LogP contribution in [0.15, 0.2) is 43.0 Å². The van der Waals surface area contributed by atoms with Crippen LogP contribution in [-0.2, 0) is 38.1 Å². The minimum Gasteiger partial charge on any atom is -0.459 e. The first-order valence-corrected chi connectivity index (χ1v) is 14.7. The Morgan fingerprint density at radius 3 is 1.98 bits per heavy atom. The van der Waals surface area contributed by atoms with E-state index < -0.39 is 93.9 Å². The lowest BCUT2D eigenvalue weighted by molar-refractivity contribution is -0.315. The molecular formula is C33H42O11. The van der Waals surface area contributed by atoms with E-state index in [0.717, 1.165) is 13.8 Å². The van der Waals surface area contributed by atoms with Gasteiger partial charge in [0.2, 0.25) is 0 Å². The van der Waals surface area contributed by atoms with Gasteiger partial charge in [0.05, 0.1) is 11.7 Å². The maximum Gasteiger partial charge on any atom is 0.338 e. The van der Waals surface area contributed by atoms with Crippen molar-refractivity contribution >= 4 is 29.7 Å². The number of carbonyl (C=O) groups excluding carboxylic acids is 5. The van der Waals surface area contributed by atoms with Crippen molar-refractivity contribution in [1.82, 2.24) is 0 Å². The van der Waals surface area contributed by atoms with Crippen molar-refractivity contribution in [3.63, 3.8) is 0 Å². The number of ketones is 1. The first-order valence-electron chi connectivity index (χ1n) is 14.7. The lowest BCUT2D eigenvalue weighted by atomic mass is 9.38. The van der Waals surface area contributed by atoms with Crippen LogP contribution >= 0.6 is 0 Å². The second kappa shape index (κ2) is 11.4. The molecule has 2 N–H and O–H groups in total. The second-order valence-corrected chi connectivity index (χ2v) is 13.4. The Morgan fingerprint density at radius 1 is 0.886 bits per heavy atom. The fraction of sp³-hybridized carbons (Fsp3) is 0.606. The van der Waals surface area contributed by atoms with Gasteiger partial charge in [0, 0.05) is 42.9 Å². The lowest BCUT2D eigenvalue weighted by Gasteiger charge is -2.69. The number of aliphatic hydroxyl groups is 2. The van der Waals surface area contributed by atoms with E-state index in [0.29, 0.717) is 0 Å². The van der Waals surface area contributed by atoms with Crippen molar-refractivity contribution in [1.29, 1.82) is 0 Å². The molecule has 0 radical (unpaired) electrons. The van der Waals surface area contributed by atoms with Crippen LogP contribution in [0.5, 0.6) is 0 Å². The molecule has 11 nitrogen and oxygen atoms in total. The number of Topliss-reactive ketones (excluding diaryl/α,β-unsaturated/α-hetero) is 1. The van der Waals surface area contributed by atoms with Crippen LogP contribution in [0.25, 0.3) is 0 Å². The summed E-state index contributed by atoms with van der Waals surface area (Å²) in [6.07, 6.45) is -5.75. The quantitative estimate of drug-likeness (QED) is 0.275. The van der Waals surface area contributed by atoms with E-state index in [1.807, 2.05) is 0 Å². The van der Waals surface area contributed by atoms with E-state index in [1.165, 1.54) is 32.1 Å². The molecule has 0 amide bonds. The highest BCUT2D eigenvalue weighted by atomic mass is 16.6. The number of ether oxygens (including phenoxy) is 4. The number of carbonyl (C=O) groups is 5. The third-order valence-electron chi connectivity index (χ3n) is 10.2. The zero-order valence-electron chi connectivity index (χ0n) is 26.2. The van der Waals surface area contributed by atoms with E-state index >= 15 is 0 Å². The number of aliphatic hydroxyl groups excluding tert-OH is 1. The summed E-state index contributed by atoms with van der Waals surface area (Å²) in [6, 6.07) is 8.05. The first-order chi connectivity index (χ1) is 20.3. The van der Waals surface area contributed by atoms with E-state index in [4.69, 9.17) is 18.9 Å². The van der Waals surface area contributed by atoms with Crippen LogP contribution in [0.1, 0.15) is 71.7 Å². The molecule has 240 valence electrons. The van der Waals surface area contributed by atoms with Gasteiger partial charge in [-0.05, 0) is 37.8 Å². The molecule has 3 aliphatic rings. The molecule has 0 aromatic heterocycles. The van der Waals surface area contributed by atoms with Gasteiger partial charge in [0.25, 0.3) is 0 Å². The predicted octanol–water partition coefficient (Wildman–Crippen LogP) is 2.95. The molecule has 44 heavy (non-hydrogen) atoms. The molecule has 1 aromatic carbocycles. The predicted molar refractivity (Wildman–Crippen MR) is 155 cm³/mol. The van der Waals surface area contributed by atoms with E-state index in [2.05, 4.69) is 6.58 Å². The van der Waals surface area contributed by atoms with Crippen molar-refractivity contribution in [2.75, 3.05) is 0 Å². The second-order valence-electron chi connectivity index (χ2n) is 13.4. The van der Waals surface area contributed by atoms with Crippen LogP contribution in [0.2, 0.25) is 0 Å². The monoisotopic (exact) mass is 614 g/mol. The molecule has 0 unspecified atom stereocenters. The third-order valence-corrected chi connectivity index (χ3v) is 10.2. The Kier molecular flexibility index (Phi) is 8.64. The van der Waals surface area contributed by atoms with Crippen LogP contribution in [-0.4, -0.2) is 76.0 Å². The molecule has 3 saturated carbocycles. The summed E-state index contributed by atoms with van der Waals surface area (Å²) in [5.74, 6) is -5.82. The van der Waals surface area contributed by atoms with Crippen molar-refractivity contribution in [3.8, 4) is 0 Å². The molecule has 3 aliphatic carbocycles. The van der Waals surface area contributed by atoms with Crippen molar-refractivity contribution in [3.05, 3.63) is 48.6 Å². The maximum atomic E-state index is 14.3. The minimum absolute atomic E-state index is 0.133. The molecule has 3 fully saturated rings. The maximum absolute atomic E-state index is 14.3. The van der Waals surface area contributed by atoms with Crippen molar-refractivity contribution in [2.45, 2.75) is 97.4 Å². The fourth-order valence-corrected chi connectivity index (χ4v) is 8.43. The summed E-state index contributed by atoms with van der Waals surface area (Å²) in [5, 5.41) is 24.5. The number of esters is 4. The molecular weight excluding hydrogens is 572 g/mol. The highest BCUT2D eigenvalue weighted by Gasteiger charge is 2.78. The number of fused-ring (bicyclic) bond motifs is 3. The van der Waals surface area contributed by atoms with E-state index in [-0.39, 0.29) is 18.4 Å². The molecule has 0 heterocycles. The molecule has 0 saturated heterocycles. The standard InChI is InChI=1S/C33H42O11/c1-9-31(7)16-21(37)25-32(8)22(15-23(41-17(2)34)33(25,40)29(31)39)30(5,6)26(43-19(4)36)24(42-18(3)35)27(32)44-28(38)20-13-11-10-12-14-20/h9-14,21-27,37,40H,1,15-16H2,2-8H3/t21-,22+,23-,24+,25-,26-,27+,31+,32+,33+/m0/s1. The Morgan fingerprint density at radius 2 is 1.45 bits per heavy atom. The van der Waals surface area contributed by atoms with Crippen LogP contribution in [0, 0.1) is 28.1 Å². The highest BCUT2D eigenvalue weighted by molar-refractivity contribution is 5.96. The van der Waals surface area contributed by atoms with Crippen LogP contribution in [0.4, 0.5) is 0 Å². The summed E-state index contributed by atoms with van der Waals surface area (Å²) in [4.78, 5) is 65.3. The Hall–Kier alpha value is -3.57. The molecule has 0 aliphatic heterocycles. The minimum atomic E-state index is -2.46. The third kappa shape index (κ3) is 5.13. The highest BCUT2D eigenvalue weighted by Crippen LogP contribution is 2.67. The molecule has 11 heteroatoms. The van der Waals surface area contributed by atoms with Crippen LogP contribution in [0.3, 0.4) is 0 Å². The van der Waals surface area contributed by atoms with Crippen molar-refractivity contribution in [2.24, 2.45) is 28.1 Å². The summed E-state index contributed by atoms with van der Waals surface area (Å²) < 4.78 is 23.4.